The van der Waals surface area contributed by atoms with E-state index >= 15 is 0 Å². The molecule has 0 fully saturated rings. The number of benzene rings is 1. The number of rotatable bonds is 9. The van der Waals surface area contributed by atoms with Gasteiger partial charge in [-0.2, -0.15) is 19.6 Å². The number of nitrogens with one attached hydrogen (secondary N) is 3. The van der Waals surface area contributed by atoms with Gasteiger partial charge in [0, 0.05) is 23.6 Å². The largest absolute Gasteiger partial charge is 0.493 e. The minimum Gasteiger partial charge on any atom is -0.493 e. The van der Waals surface area contributed by atoms with Gasteiger partial charge in [-0.3, -0.25) is 4.98 Å². The molecule has 0 radical (unpaired) electrons. The van der Waals surface area contributed by atoms with Crippen LogP contribution < -0.4 is 26.6 Å². The lowest BCUT2D eigenvalue weighted by Gasteiger charge is -2.11. The van der Waals surface area contributed by atoms with Crippen molar-refractivity contribution in [3.8, 4) is 11.6 Å². The Hall–Kier alpha value is -4.19. The molecule has 0 saturated heterocycles. The third-order valence-corrected chi connectivity index (χ3v) is 4.57. The molecule has 3 heterocycles. The van der Waals surface area contributed by atoms with Gasteiger partial charge in [0.15, 0.2) is 5.65 Å². The second-order valence-corrected chi connectivity index (χ2v) is 7.57. The van der Waals surface area contributed by atoms with E-state index < -0.39 is 5.69 Å². The molecule has 0 atom stereocenters. The number of aromatic amines is 2. The number of hydrogen-bond acceptors (Lipinski definition) is 9. The van der Waals surface area contributed by atoms with Gasteiger partial charge in [-0.1, -0.05) is 6.07 Å². The molecule has 0 saturated carbocycles. The van der Waals surface area contributed by atoms with Crippen molar-refractivity contribution in [3.05, 3.63) is 57.5 Å². The van der Waals surface area contributed by atoms with Crippen LogP contribution in [0.5, 0.6) is 11.6 Å². The van der Waals surface area contributed by atoms with Crippen LogP contribution in [-0.4, -0.2) is 60.5 Å². The van der Waals surface area contributed by atoms with Crippen LogP contribution in [0.3, 0.4) is 0 Å². The van der Waals surface area contributed by atoms with Gasteiger partial charge >= 0.3 is 5.69 Å². The molecular weight excluding hydrogens is 440 g/mol. The third kappa shape index (κ3) is 5.41. The first-order valence-electron chi connectivity index (χ1n) is 10.8. The minimum absolute atomic E-state index is 0.0415. The van der Waals surface area contributed by atoms with Gasteiger partial charge in [0.1, 0.15) is 11.4 Å². The molecule has 34 heavy (non-hydrogen) atoms. The highest BCUT2D eigenvalue weighted by Crippen LogP contribution is 2.20. The van der Waals surface area contributed by atoms with E-state index in [0.717, 1.165) is 5.69 Å². The zero-order chi connectivity index (χ0) is 24.1. The predicted molar refractivity (Wildman–Crippen MR) is 125 cm³/mol. The molecule has 178 valence electrons. The highest BCUT2D eigenvalue weighted by atomic mass is 16.5. The van der Waals surface area contributed by atoms with Crippen LogP contribution >= 0.6 is 0 Å². The highest BCUT2D eigenvalue weighted by molar-refractivity contribution is 5.60. The smallest absolute Gasteiger partial charge is 0.326 e. The molecule has 12 heteroatoms. The molecule has 4 N–H and O–H groups in total. The van der Waals surface area contributed by atoms with E-state index in [1.807, 2.05) is 45.0 Å². The Morgan fingerprint density at radius 2 is 2.15 bits per heavy atom. The quantitative estimate of drug-likeness (QED) is 0.265. The minimum atomic E-state index is -0.521. The lowest BCUT2D eigenvalue weighted by molar-refractivity contribution is 0.155. The number of fused-ring (bicyclic) bond motifs is 1. The first-order chi connectivity index (χ1) is 16.4. The monoisotopic (exact) mass is 466 g/mol. The van der Waals surface area contributed by atoms with E-state index in [4.69, 9.17) is 9.47 Å². The number of ether oxygens (including phenoxy) is 2. The van der Waals surface area contributed by atoms with E-state index in [9.17, 15) is 9.90 Å². The van der Waals surface area contributed by atoms with Crippen molar-refractivity contribution < 1.29 is 14.6 Å². The number of imidazole rings is 1. The van der Waals surface area contributed by atoms with Crippen LogP contribution in [0.15, 0.2) is 40.2 Å². The van der Waals surface area contributed by atoms with E-state index in [1.165, 1.54) is 4.52 Å². The van der Waals surface area contributed by atoms with E-state index in [0.29, 0.717) is 47.9 Å². The van der Waals surface area contributed by atoms with Crippen molar-refractivity contribution in [1.29, 1.82) is 0 Å². The summed E-state index contributed by atoms with van der Waals surface area (Å²) in [5.41, 5.74) is 1.19. The Morgan fingerprint density at radius 3 is 2.88 bits per heavy atom. The summed E-state index contributed by atoms with van der Waals surface area (Å²) in [5.74, 6) is 0.736. The second-order valence-electron chi connectivity index (χ2n) is 7.57. The van der Waals surface area contributed by atoms with Crippen LogP contribution in [0.2, 0.25) is 0 Å². The molecule has 0 spiro atoms. The number of nitrogens with zero attached hydrogens (tertiary/aromatic N) is 5. The Morgan fingerprint density at radius 1 is 1.29 bits per heavy atom. The molecule has 0 aliphatic rings. The molecule has 0 unspecified atom stereocenters. The molecule has 12 nitrogen and oxygen atoms in total. The summed E-state index contributed by atoms with van der Waals surface area (Å²) in [4.78, 5) is 29.9. The SMILES string of the molecule is CCOCCN=c1nc(Nc2cccc(OC(C)C)c2)nc2/c(=C\c3[nH]c(=O)[nH]c3O)cnn12. The van der Waals surface area contributed by atoms with Gasteiger partial charge < -0.3 is 24.9 Å². The van der Waals surface area contributed by atoms with Crippen LogP contribution in [0.4, 0.5) is 11.6 Å². The number of hydrogen-bond donors (Lipinski definition) is 4. The van der Waals surface area contributed by atoms with E-state index in [-0.39, 0.29) is 17.7 Å². The van der Waals surface area contributed by atoms with Gasteiger partial charge in [-0.05, 0) is 39.0 Å². The Labute approximate surface area is 194 Å². The van der Waals surface area contributed by atoms with Gasteiger partial charge in [0.25, 0.3) is 5.62 Å². The molecule has 0 bridgehead atoms. The summed E-state index contributed by atoms with van der Waals surface area (Å²) in [6, 6.07) is 7.47. The molecule has 4 aromatic rings. The lowest BCUT2D eigenvalue weighted by atomic mass is 10.3. The first kappa shape index (κ1) is 23.0. The molecule has 1 aromatic carbocycles. The zero-order valence-corrected chi connectivity index (χ0v) is 19.1. The fourth-order valence-corrected chi connectivity index (χ4v) is 3.19. The molecule has 4 rings (SSSR count). The number of aromatic nitrogens is 6. The lowest BCUT2D eigenvalue weighted by Crippen LogP contribution is -2.24. The topological polar surface area (TPSA) is 155 Å². The Kier molecular flexibility index (Phi) is 6.87. The Balaban J connectivity index is 1.79. The Bertz CT molecular complexity index is 1450. The maximum atomic E-state index is 11.5. The second kappa shape index (κ2) is 10.2. The maximum absolute atomic E-state index is 11.5. The molecular formula is C22H26N8O4. The third-order valence-electron chi connectivity index (χ3n) is 4.57. The summed E-state index contributed by atoms with van der Waals surface area (Å²) in [6.45, 7) is 7.26. The van der Waals surface area contributed by atoms with E-state index in [1.54, 1.807) is 12.3 Å². The zero-order valence-electron chi connectivity index (χ0n) is 19.1. The average molecular weight is 467 g/mol. The summed E-state index contributed by atoms with van der Waals surface area (Å²) in [5, 5.41) is 18.0. The highest BCUT2D eigenvalue weighted by Gasteiger charge is 2.10. The molecule has 3 aromatic heterocycles. The average Bonchev–Trinajstić information content (AvgIpc) is 3.33. The standard InChI is InChI=1S/C22H26N8O4/c1-4-33-9-8-23-21-29-20(25-15-6-5-7-16(11-15)34-13(2)3)27-18-14(12-24-30(18)21)10-17-19(31)28-22(32)26-17/h5-7,10-13,31H,4,8-9H2,1-3H3,(H,23,25,29)(H2,26,28,32)/b14-10-. The van der Waals surface area contributed by atoms with Crippen LogP contribution in [0.1, 0.15) is 26.5 Å². The van der Waals surface area contributed by atoms with Crippen molar-refractivity contribution in [2.24, 2.45) is 4.99 Å². The molecule has 0 aliphatic heterocycles. The van der Waals surface area contributed by atoms with Crippen molar-refractivity contribution in [2.75, 3.05) is 25.1 Å². The number of H-pyrrole nitrogens is 2. The normalized spacial score (nSPS) is 12.7. The van der Waals surface area contributed by atoms with Gasteiger partial charge in [-0.15, -0.1) is 0 Å². The van der Waals surface area contributed by atoms with Gasteiger partial charge in [-0.25, -0.2) is 9.79 Å². The summed E-state index contributed by atoms with van der Waals surface area (Å²) >= 11 is 0. The fourth-order valence-electron chi connectivity index (χ4n) is 3.19. The summed E-state index contributed by atoms with van der Waals surface area (Å²) < 4.78 is 12.6. The van der Waals surface area contributed by atoms with Crippen molar-refractivity contribution >= 4 is 23.4 Å². The van der Waals surface area contributed by atoms with Crippen molar-refractivity contribution in [2.45, 2.75) is 26.9 Å². The summed E-state index contributed by atoms with van der Waals surface area (Å²) in [6.07, 6.45) is 3.16. The maximum Gasteiger partial charge on any atom is 0.326 e. The summed E-state index contributed by atoms with van der Waals surface area (Å²) in [7, 11) is 0. The van der Waals surface area contributed by atoms with Crippen LogP contribution in [-0.2, 0) is 4.74 Å². The first-order valence-corrected chi connectivity index (χ1v) is 10.8. The van der Waals surface area contributed by atoms with Gasteiger partial charge in [0.05, 0.1) is 25.5 Å². The molecule has 0 amide bonds. The van der Waals surface area contributed by atoms with Crippen LogP contribution in [0.25, 0.3) is 11.7 Å². The van der Waals surface area contributed by atoms with Crippen LogP contribution in [0, 0.1) is 0 Å². The van der Waals surface area contributed by atoms with Crippen molar-refractivity contribution in [3.63, 3.8) is 0 Å². The van der Waals surface area contributed by atoms with Crippen molar-refractivity contribution in [1.82, 2.24) is 29.5 Å². The van der Waals surface area contributed by atoms with Gasteiger partial charge in [0.2, 0.25) is 11.8 Å². The number of anilines is 2. The molecule has 0 aliphatic carbocycles. The predicted octanol–water partition coefficient (Wildman–Crippen LogP) is 0.862. The van der Waals surface area contributed by atoms with E-state index in [2.05, 4.69) is 35.3 Å². The fraction of sp³-hybridized carbons (Fsp3) is 0.318. The number of aromatic hydroxyl groups is 1.